The molecule has 1 saturated heterocycles. The van der Waals surface area contributed by atoms with Gasteiger partial charge in [-0.15, -0.1) is 0 Å². The first-order valence-electron chi connectivity index (χ1n) is 10.2. The van der Waals surface area contributed by atoms with Crippen LogP contribution in [0.4, 0.5) is 4.79 Å². The van der Waals surface area contributed by atoms with Crippen LogP contribution in [0.25, 0.3) is 0 Å². The summed E-state index contributed by atoms with van der Waals surface area (Å²) in [7, 11) is 0. The van der Waals surface area contributed by atoms with Gasteiger partial charge in [0.1, 0.15) is 0 Å². The van der Waals surface area contributed by atoms with Gasteiger partial charge >= 0.3 is 12.0 Å². The van der Waals surface area contributed by atoms with Crippen LogP contribution in [0.1, 0.15) is 50.3 Å². The number of carbonyl (C=O) groups is 2. The van der Waals surface area contributed by atoms with Crippen LogP contribution in [0.2, 0.25) is 5.02 Å². The maximum Gasteiger partial charge on any atom is 0.322 e. The van der Waals surface area contributed by atoms with Gasteiger partial charge in [0.25, 0.3) is 0 Å². The summed E-state index contributed by atoms with van der Waals surface area (Å²) < 4.78 is 5.43. The number of nitrogens with one attached hydrogen (secondary N) is 1. The fourth-order valence-electron chi connectivity index (χ4n) is 3.91. The highest BCUT2D eigenvalue weighted by atomic mass is 35.5. The van der Waals surface area contributed by atoms with Crippen LogP contribution in [0.5, 0.6) is 0 Å². The first-order valence-corrected chi connectivity index (χ1v) is 10.6. The Hall–Kier alpha value is -2.05. The van der Waals surface area contributed by atoms with Gasteiger partial charge in [-0.05, 0) is 53.9 Å². The molecule has 0 saturated carbocycles. The number of amides is 2. The minimum atomic E-state index is -0.925. The van der Waals surface area contributed by atoms with Gasteiger partial charge in [0.2, 0.25) is 0 Å². The van der Waals surface area contributed by atoms with E-state index >= 15 is 0 Å². The smallest absolute Gasteiger partial charge is 0.322 e. The van der Waals surface area contributed by atoms with Gasteiger partial charge in [0.05, 0.1) is 12.5 Å². The number of rotatable bonds is 7. The van der Waals surface area contributed by atoms with Crippen LogP contribution in [0, 0.1) is 11.8 Å². The van der Waals surface area contributed by atoms with Crippen molar-refractivity contribution in [1.82, 2.24) is 10.2 Å². The quantitative estimate of drug-likeness (QED) is 0.685. The largest absolute Gasteiger partial charge is 0.481 e. The van der Waals surface area contributed by atoms with Crippen molar-refractivity contribution in [2.24, 2.45) is 11.8 Å². The van der Waals surface area contributed by atoms with E-state index in [4.69, 9.17) is 21.4 Å². The average Bonchev–Trinajstić information content (AvgIpc) is 2.69. The van der Waals surface area contributed by atoms with Crippen LogP contribution in [-0.4, -0.2) is 41.8 Å². The minimum Gasteiger partial charge on any atom is -0.481 e. The molecule has 1 atom stereocenters. The molecule has 2 amide bonds. The number of carboxylic acids is 1. The molecule has 2 N–H and O–H groups in total. The Morgan fingerprint density at radius 2 is 2.07 bits per heavy atom. The summed E-state index contributed by atoms with van der Waals surface area (Å²) in [6, 6.07) is 5.49. The molecule has 0 aliphatic carbocycles. The molecular formula is C22H29ClN2O4. The summed E-state index contributed by atoms with van der Waals surface area (Å²) in [6.45, 7) is 5.90. The SMILES string of the molecule is CC(C)C1=CN(CCC(=O)O)C(=O)NC1c1ccc(CC2CCOCC2)c(Cl)c1. The molecule has 158 valence electrons. The number of ether oxygens (including phenoxy) is 1. The van der Waals surface area contributed by atoms with Crippen molar-refractivity contribution in [1.29, 1.82) is 0 Å². The van der Waals surface area contributed by atoms with Gasteiger partial charge in [-0.25, -0.2) is 4.79 Å². The second kappa shape index (κ2) is 9.63. The Bertz CT molecular complexity index is 787. The van der Waals surface area contributed by atoms with Gasteiger partial charge < -0.3 is 20.1 Å². The Morgan fingerprint density at radius 3 is 2.69 bits per heavy atom. The van der Waals surface area contributed by atoms with E-state index in [1.54, 1.807) is 6.20 Å². The molecule has 1 fully saturated rings. The van der Waals surface area contributed by atoms with Crippen molar-refractivity contribution in [3.8, 4) is 0 Å². The van der Waals surface area contributed by atoms with Gasteiger partial charge in [-0.1, -0.05) is 37.6 Å². The molecule has 0 radical (unpaired) electrons. The molecule has 29 heavy (non-hydrogen) atoms. The summed E-state index contributed by atoms with van der Waals surface area (Å²) in [5.74, 6) is -0.143. The predicted molar refractivity (Wildman–Crippen MR) is 112 cm³/mol. The van der Waals surface area contributed by atoms with Gasteiger partial charge in [-0.3, -0.25) is 4.79 Å². The van der Waals surface area contributed by atoms with Crippen molar-refractivity contribution in [2.75, 3.05) is 19.8 Å². The van der Waals surface area contributed by atoms with Crippen LogP contribution in [0.3, 0.4) is 0 Å². The number of halogens is 1. The summed E-state index contributed by atoms with van der Waals surface area (Å²) in [4.78, 5) is 24.8. The molecule has 0 aromatic heterocycles. The summed E-state index contributed by atoms with van der Waals surface area (Å²) in [5, 5.41) is 12.6. The third kappa shape index (κ3) is 5.52. The second-order valence-corrected chi connectivity index (χ2v) is 8.52. The van der Waals surface area contributed by atoms with Crippen LogP contribution in [-0.2, 0) is 16.0 Å². The zero-order valence-electron chi connectivity index (χ0n) is 17.0. The van der Waals surface area contributed by atoms with Crippen LogP contribution in [0.15, 0.2) is 30.0 Å². The normalized spacial score (nSPS) is 20.6. The van der Waals surface area contributed by atoms with E-state index in [9.17, 15) is 9.59 Å². The maximum atomic E-state index is 12.5. The van der Waals surface area contributed by atoms with Crippen molar-refractivity contribution in [3.63, 3.8) is 0 Å². The number of hydrogen-bond donors (Lipinski definition) is 2. The summed E-state index contributed by atoms with van der Waals surface area (Å²) in [5.41, 5.74) is 3.10. The minimum absolute atomic E-state index is 0.0906. The zero-order chi connectivity index (χ0) is 21.0. The lowest BCUT2D eigenvalue weighted by atomic mass is 9.88. The Morgan fingerprint density at radius 1 is 1.34 bits per heavy atom. The fourth-order valence-corrected chi connectivity index (χ4v) is 4.18. The molecule has 6 nitrogen and oxygen atoms in total. The van der Waals surface area contributed by atoms with Crippen LogP contribution >= 0.6 is 11.6 Å². The molecule has 1 aromatic carbocycles. The van der Waals surface area contributed by atoms with Crippen LogP contribution < -0.4 is 5.32 Å². The first-order chi connectivity index (χ1) is 13.8. The molecule has 2 heterocycles. The zero-order valence-corrected chi connectivity index (χ0v) is 17.7. The lowest BCUT2D eigenvalue weighted by Gasteiger charge is -2.34. The number of benzene rings is 1. The first kappa shape index (κ1) is 21.7. The fraction of sp³-hybridized carbons (Fsp3) is 0.545. The average molecular weight is 421 g/mol. The maximum absolute atomic E-state index is 12.5. The molecule has 2 aliphatic heterocycles. The molecule has 3 rings (SSSR count). The van der Waals surface area contributed by atoms with E-state index in [1.165, 1.54) is 4.90 Å². The lowest BCUT2D eigenvalue weighted by molar-refractivity contribution is -0.137. The Kier molecular flexibility index (Phi) is 7.19. The Balaban J connectivity index is 1.79. The molecule has 1 unspecified atom stereocenters. The van der Waals surface area contributed by atoms with Crippen molar-refractivity contribution < 1.29 is 19.4 Å². The highest BCUT2D eigenvalue weighted by molar-refractivity contribution is 6.31. The van der Waals surface area contributed by atoms with Gasteiger partial charge in [0.15, 0.2) is 0 Å². The monoisotopic (exact) mass is 420 g/mol. The Labute approximate surface area is 176 Å². The molecular weight excluding hydrogens is 392 g/mol. The standard InChI is InChI=1S/C22H29ClN2O4/c1-14(2)18-13-25(8-5-20(26)27)22(28)24-21(18)17-4-3-16(19(23)12-17)11-15-6-9-29-10-7-15/h3-4,12-15,21H,5-11H2,1-2H3,(H,24,28)(H,26,27). The second-order valence-electron chi connectivity index (χ2n) is 8.11. The van der Waals surface area contributed by atoms with Gasteiger partial charge in [-0.2, -0.15) is 0 Å². The molecule has 2 aliphatic rings. The molecule has 0 bridgehead atoms. The number of urea groups is 1. The molecule has 7 heteroatoms. The number of aliphatic carboxylic acids is 1. The van der Waals surface area contributed by atoms with E-state index in [-0.39, 0.29) is 31.0 Å². The summed E-state index contributed by atoms with van der Waals surface area (Å²) in [6.07, 6.45) is 4.76. The van der Waals surface area contributed by atoms with Crippen molar-refractivity contribution >= 4 is 23.6 Å². The number of nitrogens with zero attached hydrogens (tertiary/aromatic N) is 1. The topological polar surface area (TPSA) is 78.9 Å². The predicted octanol–water partition coefficient (Wildman–Crippen LogP) is 4.39. The van der Waals surface area contributed by atoms with E-state index in [0.29, 0.717) is 5.92 Å². The third-order valence-electron chi connectivity index (χ3n) is 5.66. The number of carboxylic acid groups (broad SMARTS) is 1. The van der Waals surface area contributed by atoms with E-state index in [1.807, 2.05) is 12.1 Å². The van der Waals surface area contributed by atoms with E-state index < -0.39 is 5.97 Å². The van der Waals surface area contributed by atoms with Crippen molar-refractivity contribution in [3.05, 3.63) is 46.1 Å². The van der Waals surface area contributed by atoms with Gasteiger partial charge in [0, 0.05) is 31.0 Å². The molecule has 1 aromatic rings. The number of carbonyl (C=O) groups excluding carboxylic acids is 1. The third-order valence-corrected chi connectivity index (χ3v) is 6.01. The van der Waals surface area contributed by atoms with Crippen molar-refractivity contribution in [2.45, 2.75) is 45.6 Å². The highest BCUT2D eigenvalue weighted by Gasteiger charge is 2.30. The number of hydrogen-bond acceptors (Lipinski definition) is 3. The van der Waals surface area contributed by atoms with E-state index in [2.05, 4.69) is 25.2 Å². The lowest BCUT2D eigenvalue weighted by Crippen LogP contribution is -2.45. The summed E-state index contributed by atoms with van der Waals surface area (Å²) >= 11 is 6.61. The molecule has 0 spiro atoms. The highest BCUT2D eigenvalue weighted by Crippen LogP contribution is 2.34. The van der Waals surface area contributed by atoms with E-state index in [0.717, 1.165) is 54.2 Å².